The summed E-state index contributed by atoms with van der Waals surface area (Å²) < 4.78 is 5.54. The Balaban J connectivity index is 0.00000226. The minimum atomic E-state index is -1.16. The van der Waals surface area contributed by atoms with Crippen LogP contribution in [0.4, 0.5) is 4.79 Å². The maximum absolute atomic E-state index is 14.2. The molecule has 2 aromatic rings. The maximum Gasteiger partial charge on any atom is 0.333 e. The Kier molecular flexibility index (Phi) is 15.2. The van der Waals surface area contributed by atoms with Gasteiger partial charge in [-0.2, -0.15) is 0 Å². The molecule has 2 fully saturated rings. The molecule has 2 aliphatic rings. The molecule has 5 N–H and O–H groups in total. The minimum absolute atomic E-state index is 0.0125. The molecule has 12 heteroatoms. The second-order valence-electron chi connectivity index (χ2n) is 14.7. The lowest BCUT2D eigenvalue weighted by atomic mass is 9.80. The third-order valence-corrected chi connectivity index (χ3v) is 9.02. The smallest absolute Gasteiger partial charge is 0.333 e. The number of likely N-dealkylation sites (tertiary alicyclic amines) is 1. The highest BCUT2D eigenvalue weighted by molar-refractivity contribution is 6.37. The molecule has 51 heavy (non-hydrogen) atoms. The van der Waals surface area contributed by atoms with Crippen molar-refractivity contribution in [1.82, 2.24) is 20.9 Å². The van der Waals surface area contributed by atoms with Gasteiger partial charge in [-0.15, -0.1) is 0 Å². The van der Waals surface area contributed by atoms with E-state index in [0.29, 0.717) is 18.4 Å². The number of amides is 5. The maximum atomic E-state index is 14.2. The number of nitrogens with two attached hydrogens (primary N) is 1. The number of hydrogen-bond donors (Lipinski definition) is 4. The summed E-state index contributed by atoms with van der Waals surface area (Å²) in [5.41, 5.74) is 5.77. The average Bonchev–Trinajstić information content (AvgIpc) is 3.47. The number of esters is 1. The molecule has 1 aliphatic carbocycles. The Morgan fingerprint density at radius 3 is 2.02 bits per heavy atom. The number of primary amides is 1. The van der Waals surface area contributed by atoms with Crippen LogP contribution in [0.15, 0.2) is 60.7 Å². The number of ketones is 1. The van der Waals surface area contributed by atoms with Gasteiger partial charge >= 0.3 is 12.0 Å². The highest BCUT2D eigenvalue weighted by atomic mass is 16.5. The zero-order chi connectivity index (χ0) is 37.7. The number of ether oxygens (including phenoxy) is 1. The van der Waals surface area contributed by atoms with Crippen LogP contribution in [0.2, 0.25) is 0 Å². The number of urea groups is 1. The molecule has 5 amide bonds. The van der Waals surface area contributed by atoms with Crippen LogP contribution in [0, 0.1) is 17.3 Å². The van der Waals surface area contributed by atoms with E-state index in [1.807, 2.05) is 37.3 Å². The molecule has 0 aromatic heterocycles. The molecule has 1 saturated heterocycles. The van der Waals surface area contributed by atoms with E-state index < -0.39 is 65.1 Å². The molecule has 1 aliphatic heterocycles. The summed E-state index contributed by atoms with van der Waals surface area (Å²) in [5.74, 6) is -3.52. The summed E-state index contributed by atoms with van der Waals surface area (Å²) in [4.78, 5) is 80.3. The summed E-state index contributed by atoms with van der Waals surface area (Å²) in [7, 11) is 0. The number of carbonyl (C=O) groups is 6. The van der Waals surface area contributed by atoms with Crippen LogP contribution in [-0.4, -0.2) is 65.1 Å². The second kappa shape index (κ2) is 19.0. The first kappa shape index (κ1) is 40.7. The third kappa shape index (κ3) is 11.9. The molecule has 278 valence electrons. The molecule has 1 saturated carbocycles. The van der Waals surface area contributed by atoms with Crippen molar-refractivity contribution in [2.45, 2.75) is 111 Å². The highest BCUT2D eigenvalue weighted by Crippen LogP contribution is 2.32. The lowest BCUT2D eigenvalue weighted by Crippen LogP contribution is -2.60. The first-order valence-electron chi connectivity index (χ1n) is 17.9. The molecule has 3 unspecified atom stereocenters. The zero-order valence-corrected chi connectivity index (χ0v) is 30.8. The molecular formula is C39H55N5O7. The molecule has 2 aromatic carbocycles. The van der Waals surface area contributed by atoms with E-state index in [1.165, 1.54) is 11.3 Å². The number of nitrogens with zero attached hydrogens (tertiary/aromatic N) is 1. The van der Waals surface area contributed by atoms with Crippen molar-refractivity contribution in [3.05, 3.63) is 71.8 Å². The van der Waals surface area contributed by atoms with Gasteiger partial charge in [-0.25, -0.2) is 9.59 Å². The number of carbonyl (C=O) groups excluding carboxylic acids is 6. The lowest BCUT2D eigenvalue weighted by molar-refractivity contribution is -0.147. The van der Waals surface area contributed by atoms with Crippen LogP contribution in [0.25, 0.3) is 0 Å². The first-order chi connectivity index (χ1) is 24.2. The predicted octanol–water partition coefficient (Wildman–Crippen LogP) is 4.57. The van der Waals surface area contributed by atoms with Crippen molar-refractivity contribution in [1.29, 1.82) is 0 Å². The second-order valence-corrected chi connectivity index (χ2v) is 14.7. The van der Waals surface area contributed by atoms with Crippen LogP contribution in [0.3, 0.4) is 0 Å². The summed E-state index contributed by atoms with van der Waals surface area (Å²) >= 11 is 0. The van der Waals surface area contributed by atoms with Gasteiger partial charge in [-0.1, -0.05) is 128 Å². The number of rotatable bonds is 13. The number of hydrogen-bond acceptors (Lipinski definition) is 7. The standard InChI is InChI=1S/C36H47N5O7.C3H8/c1-22-18-27(32(44)38-26(29(42)31(37)43)19-23-14-11-15-23)41(20-22)33(45)30(36(2,3)4)40-35(47)39-28(25-16-9-6-10-17-25)34(46)48-21-24-12-7-5-8-13-24;1-3-2/h5-10,12-13,16-17,22-23,26-28,30H,11,14-15,18-21H2,1-4H3,(H2,37,43)(H,38,44)(H2,39,40,47);3H2,1-2H3/t22-,26?,27?,28-,30?;/m1./s1. The Morgan fingerprint density at radius 2 is 1.49 bits per heavy atom. The lowest BCUT2D eigenvalue weighted by Gasteiger charge is -2.36. The first-order valence-corrected chi connectivity index (χ1v) is 17.9. The fourth-order valence-corrected chi connectivity index (χ4v) is 6.13. The van der Waals surface area contributed by atoms with Gasteiger partial charge in [0, 0.05) is 6.54 Å². The Morgan fingerprint density at radius 1 is 0.902 bits per heavy atom. The summed E-state index contributed by atoms with van der Waals surface area (Å²) in [6.45, 7) is 11.8. The van der Waals surface area contributed by atoms with Crippen molar-refractivity contribution in [3.8, 4) is 0 Å². The zero-order valence-electron chi connectivity index (χ0n) is 30.8. The quantitative estimate of drug-likeness (QED) is 0.174. The molecular weight excluding hydrogens is 650 g/mol. The fourth-order valence-electron chi connectivity index (χ4n) is 6.13. The van der Waals surface area contributed by atoms with Crippen LogP contribution >= 0.6 is 0 Å². The van der Waals surface area contributed by atoms with E-state index in [2.05, 4.69) is 29.8 Å². The van der Waals surface area contributed by atoms with Crippen LogP contribution in [-0.2, 0) is 35.3 Å². The molecule has 12 nitrogen and oxygen atoms in total. The van der Waals surface area contributed by atoms with E-state index in [0.717, 1.165) is 24.8 Å². The van der Waals surface area contributed by atoms with Crippen molar-refractivity contribution in [2.75, 3.05) is 6.54 Å². The number of nitrogens with one attached hydrogen (secondary N) is 3. The van der Waals surface area contributed by atoms with Gasteiger partial charge in [0.2, 0.25) is 17.6 Å². The van der Waals surface area contributed by atoms with Crippen molar-refractivity contribution >= 4 is 35.5 Å². The Bertz CT molecular complexity index is 1490. The van der Waals surface area contributed by atoms with Crippen molar-refractivity contribution in [2.24, 2.45) is 23.0 Å². The monoisotopic (exact) mass is 705 g/mol. The topological polar surface area (TPSA) is 177 Å². The summed E-state index contributed by atoms with van der Waals surface area (Å²) in [6.07, 6.45) is 4.73. The number of benzene rings is 2. The SMILES string of the molecule is CCC.C[C@@H]1CC(C(=O)NC(CC2CCC2)C(=O)C(N)=O)N(C(=O)C(NC(=O)N[C@@H](C(=O)OCc2ccccc2)c2ccccc2)C(C)(C)C)C1. The van der Waals surface area contributed by atoms with Gasteiger partial charge in [0.05, 0.1) is 6.04 Å². The molecule has 0 radical (unpaired) electrons. The van der Waals surface area contributed by atoms with Crippen molar-refractivity contribution < 1.29 is 33.5 Å². The van der Waals surface area contributed by atoms with Crippen LogP contribution in [0.5, 0.6) is 0 Å². The van der Waals surface area contributed by atoms with Gasteiger partial charge in [-0.05, 0) is 41.2 Å². The van der Waals surface area contributed by atoms with Crippen LogP contribution in [0.1, 0.15) is 97.2 Å². The van der Waals surface area contributed by atoms with E-state index in [-0.39, 0.29) is 25.0 Å². The largest absolute Gasteiger partial charge is 0.459 e. The normalized spacial score (nSPS) is 18.8. The molecule has 1 heterocycles. The van der Waals surface area contributed by atoms with Crippen LogP contribution < -0.4 is 21.7 Å². The van der Waals surface area contributed by atoms with Gasteiger partial charge < -0.3 is 31.3 Å². The molecule has 5 atom stereocenters. The third-order valence-electron chi connectivity index (χ3n) is 9.02. The molecule has 4 rings (SSSR count). The van der Waals surface area contributed by atoms with Gasteiger partial charge in [0.15, 0.2) is 6.04 Å². The molecule has 0 spiro atoms. The Labute approximate surface area is 301 Å². The molecule has 0 bridgehead atoms. The fraction of sp³-hybridized carbons (Fsp3) is 0.538. The predicted molar refractivity (Wildman–Crippen MR) is 194 cm³/mol. The van der Waals surface area contributed by atoms with Gasteiger partial charge in [0.25, 0.3) is 5.91 Å². The van der Waals surface area contributed by atoms with Gasteiger partial charge in [0.1, 0.15) is 18.7 Å². The Hall–Kier alpha value is -4.74. The van der Waals surface area contributed by atoms with Gasteiger partial charge in [-0.3, -0.25) is 19.2 Å². The average molecular weight is 706 g/mol. The van der Waals surface area contributed by atoms with E-state index in [4.69, 9.17) is 10.5 Å². The van der Waals surface area contributed by atoms with E-state index >= 15 is 0 Å². The summed E-state index contributed by atoms with van der Waals surface area (Å²) in [5, 5.41) is 8.15. The van der Waals surface area contributed by atoms with E-state index in [9.17, 15) is 28.8 Å². The van der Waals surface area contributed by atoms with Crippen molar-refractivity contribution in [3.63, 3.8) is 0 Å². The van der Waals surface area contributed by atoms with E-state index in [1.54, 1.807) is 51.1 Å². The summed E-state index contributed by atoms with van der Waals surface area (Å²) in [6, 6.07) is 12.8. The minimum Gasteiger partial charge on any atom is -0.459 e. The number of Topliss-reactive ketones (excluding diaryl/α,β-unsaturated/α-hetero) is 1. The highest BCUT2D eigenvalue weighted by Gasteiger charge is 2.45.